The van der Waals surface area contributed by atoms with E-state index < -0.39 is 10.0 Å². The average molecular weight is 274 g/mol. The minimum atomic E-state index is -3.29. The number of hydrogen-bond donors (Lipinski definition) is 2. The van der Waals surface area contributed by atoms with Crippen LogP contribution in [-0.4, -0.2) is 37.4 Å². The zero-order valence-corrected chi connectivity index (χ0v) is 11.2. The van der Waals surface area contributed by atoms with Crippen molar-refractivity contribution in [2.75, 3.05) is 18.8 Å². The lowest BCUT2D eigenvalue weighted by Gasteiger charge is -2.22. The Kier molecular flexibility index (Phi) is 4.31. The van der Waals surface area contributed by atoms with Crippen molar-refractivity contribution in [3.63, 3.8) is 0 Å². The van der Waals surface area contributed by atoms with Crippen LogP contribution >= 0.6 is 0 Å². The summed E-state index contributed by atoms with van der Waals surface area (Å²) in [5, 5.41) is 6.80. The van der Waals surface area contributed by atoms with E-state index in [2.05, 4.69) is 20.2 Å². The summed E-state index contributed by atoms with van der Waals surface area (Å²) in [5.41, 5.74) is 0. The maximum atomic E-state index is 11.9. The van der Waals surface area contributed by atoms with Crippen LogP contribution in [0, 0.1) is 12.8 Å². The summed E-state index contributed by atoms with van der Waals surface area (Å²) in [6.07, 6.45) is 1.98. The lowest BCUT2D eigenvalue weighted by molar-refractivity contribution is 0.370. The maximum absolute atomic E-state index is 11.9. The highest BCUT2D eigenvalue weighted by Crippen LogP contribution is 2.12. The smallest absolute Gasteiger partial charge is 0.241 e. The van der Waals surface area contributed by atoms with Gasteiger partial charge in [-0.1, -0.05) is 5.16 Å². The van der Waals surface area contributed by atoms with Gasteiger partial charge in [-0.25, -0.2) is 13.1 Å². The SMILES string of the molecule is Cc1noc(CNS(=O)(=O)CC2CCCNC2)n1. The normalized spacial score (nSPS) is 21.1. The molecule has 0 saturated carbocycles. The van der Waals surface area contributed by atoms with E-state index in [0.29, 0.717) is 5.82 Å². The highest BCUT2D eigenvalue weighted by molar-refractivity contribution is 7.89. The van der Waals surface area contributed by atoms with Crippen LogP contribution < -0.4 is 10.0 Å². The van der Waals surface area contributed by atoms with E-state index in [1.165, 1.54) is 0 Å². The molecule has 2 heterocycles. The van der Waals surface area contributed by atoms with Gasteiger partial charge >= 0.3 is 0 Å². The molecule has 1 aliphatic rings. The molecule has 1 atom stereocenters. The quantitative estimate of drug-likeness (QED) is 0.771. The number of aryl methyl sites for hydroxylation is 1. The average Bonchev–Trinajstić information content (AvgIpc) is 2.74. The summed E-state index contributed by atoms with van der Waals surface area (Å²) < 4.78 is 31.0. The Morgan fingerprint density at radius 3 is 3.00 bits per heavy atom. The minimum absolute atomic E-state index is 0.0589. The van der Waals surface area contributed by atoms with Gasteiger partial charge in [0.25, 0.3) is 0 Å². The second-order valence-electron chi connectivity index (χ2n) is 4.55. The third-order valence-electron chi connectivity index (χ3n) is 2.87. The molecule has 2 N–H and O–H groups in total. The van der Waals surface area contributed by atoms with E-state index >= 15 is 0 Å². The van der Waals surface area contributed by atoms with Crippen LogP contribution in [0.5, 0.6) is 0 Å². The Hall–Kier alpha value is -0.990. The van der Waals surface area contributed by atoms with Crippen molar-refractivity contribution in [3.05, 3.63) is 11.7 Å². The number of rotatable bonds is 5. The summed E-state index contributed by atoms with van der Waals surface area (Å²) in [6.45, 7) is 3.49. The number of nitrogens with zero attached hydrogens (tertiary/aromatic N) is 2. The first-order valence-electron chi connectivity index (χ1n) is 6.02. The molecule has 0 amide bonds. The molecular weight excluding hydrogens is 256 g/mol. The van der Waals surface area contributed by atoms with Crippen LogP contribution in [-0.2, 0) is 16.6 Å². The molecule has 7 nitrogen and oxygen atoms in total. The highest BCUT2D eigenvalue weighted by atomic mass is 32.2. The van der Waals surface area contributed by atoms with Gasteiger partial charge in [0, 0.05) is 0 Å². The van der Waals surface area contributed by atoms with Gasteiger partial charge in [0.15, 0.2) is 5.82 Å². The van der Waals surface area contributed by atoms with Crippen LogP contribution in [0.3, 0.4) is 0 Å². The molecule has 2 rings (SSSR count). The molecule has 1 aromatic heterocycles. The highest BCUT2D eigenvalue weighted by Gasteiger charge is 2.21. The minimum Gasteiger partial charge on any atom is -0.338 e. The lowest BCUT2D eigenvalue weighted by Crippen LogP contribution is -2.37. The molecule has 1 unspecified atom stereocenters. The lowest BCUT2D eigenvalue weighted by atomic mass is 10.0. The van der Waals surface area contributed by atoms with Crippen molar-refractivity contribution in [1.29, 1.82) is 0 Å². The Morgan fingerprint density at radius 2 is 2.39 bits per heavy atom. The molecule has 0 aromatic carbocycles. The maximum Gasteiger partial charge on any atom is 0.241 e. The third-order valence-corrected chi connectivity index (χ3v) is 4.36. The van der Waals surface area contributed by atoms with Gasteiger partial charge in [-0.3, -0.25) is 0 Å². The van der Waals surface area contributed by atoms with Gasteiger partial charge in [0.1, 0.15) is 0 Å². The first kappa shape index (κ1) is 13.4. The van der Waals surface area contributed by atoms with E-state index in [-0.39, 0.29) is 24.1 Å². The largest absolute Gasteiger partial charge is 0.338 e. The predicted molar refractivity (Wildman–Crippen MR) is 65.3 cm³/mol. The zero-order valence-electron chi connectivity index (χ0n) is 10.3. The predicted octanol–water partition coefficient (Wildman–Crippen LogP) is -0.203. The molecule has 0 spiro atoms. The molecular formula is C10H18N4O3S. The summed E-state index contributed by atoms with van der Waals surface area (Å²) in [4.78, 5) is 3.94. The number of sulfonamides is 1. The molecule has 1 saturated heterocycles. The van der Waals surface area contributed by atoms with Crippen molar-refractivity contribution >= 4 is 10.0 Å². The van der Waals surface area contributed by atoms with Gasteiger partial charge in [-0.05, 0) is 38.8 Å². The number of hydrogen-bond acceptors (Lipinski definition) is 6. The zero-order chi connectivity index (χ0) is 13.0. The van der Waals surface area contributed by atoms with Crippen LogP contribution in [0.15, 0.2) is 4.52 Å². The molecule has 18 heavy (non-hydrogen) atoms. The van der Waals surface area contributed by atoms with Crippen molar-refractivity contribution in [3.8, 4) is 0 Å². The molecule has 1 fully saturated rings. The van der Waals surface area contributed by atoms with Crippen LogP contribution in [0.25, 0.3) is 0 Å². The van der Waals surface area contributed by atoms with Crippen molar-refractivity contribution in [2.45, 2.75) is 26.3 Å². The Balaban J connectivity index is 1.83. The van der Waals surface area contributed by atoms with E-state index in [1.54, 1.807) is 6.92 Å². The monoisotopic (exact) mass is 274 g/mol. The van der Waals surface area contributed by atoms with E-state index in [0.717, 1.165) is 25.9 Å². The number of piperidine rings is 1. The Bertz CT molecular complexity index is 479. The van der Waals surface area contributed by atoms with E-state index in [1.807, 2.05) is 0 Å². The first-order chi connectivity index (χ1) is 8.55. The second-order valence-corrected chi connectivity index (χ2v) is 6.40. The summed E-state index contributed by atoms with van der Waals surface area (Å²) >= 11 is 0. The molecule has 0 radical (unpaired) electrons. The van der Waals surface area contributed by atoms with Gasteiger partial charge in [-0.15, -0.1) is 0 Å². The van der Waals surface area contributed by atoms with Crippen LogP contribution in [0.1, 0.15) is 24.6 Å². The van der Waals surface area contributed by atoms with Gasteiger partial charge in [0.2, 0.25) is 15.9 Å². The van der Waals surface area contributed by atoms with Crippen molar-refractivity contribution in [2.24, 2.45) is 5.92 Å². The van der Waals surface area contributed by atoms with Crippen LogP contribution in [0.2, 0.25) is 0 Å². The summed E-state index contributed by atoms with van der Waals surface area (Å²) in [6, 6.07) is 0. The number of aromatic nitrogens is 2. The fourth-order valence-corrected chi connectivity index (χ4v) is 3.39. The van der Waals surface area contributed by atoms with Crippen molar-refractivity contribution < 1.29 is 12.9 Å². The number of nitrogens with one attached hydrogen (secondary N) is 2. The third kappa shape index (κ3) is 4.04. The Morgan fingerprint density at radius 1 is 1.56 bits per heavy atom. The second kappa shape index (κ2) is 5.77. The van der Waals surface area contributed by atoms with Gasteiger partial charge < -0.3 is 9.84 Å². The molecule has 0 aliphatic carbocycles. The first-order valence-corrected chi connectivity index (χ1v) is 7.67. The fourth-order valence-electron chi connectivity index (χ4n) is 2.02. The molecule has 1 aromatic rings. The van der Waals surface area contributed by atoms with Gasteiger partial charge in [-0.2, -0.15) is 4.98 Å². The van der Waals surface area contributed by atoms with Crippen LogP contribution in [0.4, 0.5) is 0 Å². The molecule has 8 heteroatoms. The topological polar surface area (TPSA) is 97.1 Å². The fraction of sp³-hybridized carbons (Fsp3) is 0.800. The molecule has 0 bridgehead atoms. The molecule has 102 valence electrons. The summed E-state index contributed by atoms with van der Waals surface area (Å²) in [7, 11) is -3.29. The van der Waals surface area contributed by atoms with E-state index in [9.17, 15) is 8.42 Å². The van der Waals surface area contributed by atoms with Crippen molar-refractivity contribution in [1.82, 2.24) is 20.2 Å². The van der Waals surface area contributed by atoms with E-state index in [4.69, 9.17) is 4.52 Å². The Labute approximate surface area is 106 Å². The van der Waals surface area contributed by atoms with Gasteiger partial charge in [0.05, 0.1) is 12.3 Å². The summed E-state index contributed by atoms with van der Waals surface area (Å²) in [5.74, 6) is 1.12. The molecule has 1 aliphatic heterocycles. The standard InChI is InChI=1S/C10H18N4O3S/c1-8-13-10(17-14-8)6-12-18(15,16)7-9-3-2-4-11-5-9/h9,11-12H,2-7H2,1H3.